The minimum atomic E-state index is -4.07. The highest BCUT2D eigenvalue weighted by molar-refractivity contribution is 7.89. The summed E-state index contributed by atoms with van der Waals surface area (Å²) in [4.78, 5) is -0.550. The second kappa shape index (κ2) is 6.81. The molecule has 120 valence electrons. The monoisotopic (exact) mass is 321 g/mol. The lowest BCUT2D eigenvalue weighted by molar-refractivity contribution is 0.240. The summed E-state index contributed by atoms with van der Waals surface area (Å²) in [5.41, 5.74) is -0.334. The molecule has 4 nitrogen and oxygen atoms in total. The van der Waals surface area contributed by atoms with Gasteiger partial charge in [-0.3, -0.25) is 0 Å². The van der Waals surface area contributed by atoms with Crippen LogP contribution in [0, 0.1) is 17.0 Å². The molecule has 0 heterocycles. The van der Waals surface area contributed by atoms with E-state index < -0.39 is 26.6 Å². The van der Waals surface area contributed by atoms with E-state index in [-0.39, 0.29) is 31.5 Å². The Labute approximate surface area is 124 Å². The highest BCUT2D eigenvalue weighted by Crippen LogP contribution is 2.24. The van der Waals surface area contributed by atoms with Crippen molar-refractivity contribution in [2.45, 2.75) is 32.1 Å². The average Bonchev–Trinajstić information content (AvgIpc) is 2.32. The van der Waals surface area contributed by atoms with Gasteiger partial charge in [0, 0.05) is 25.8 Å². The van der Waals surface area contributed by atoms with Crippen LogP contribution in [0.3, 0.4) is 0 Å². The average molecular weight is 321 g/mol. The van der Waals surface area contributed by atoms with Crippen LogP contribution in [-0.2, 0) is 10.0 Å². The molecule has 0 aliphatic carbocycles. The molecule has 1 aromatic rings. The lowest BCUT2D eigenvalue weighted by Gasteiger charge is -2.29. The molecule has 1 aromatic carbocycles. The first-order valence-corrected chi connectivity index (χ1v) is 8.08. The van der Waals surface area contributed by atoms with Crippen molar-refractivity contribution in [2.75, 3.05) is 19.7 Å². The number of halogens is 2. The van der Waals surface area contributed by atoms with Gasteiger partial charge in [-0.15, -0.1) is 0 Å². The van der Waals surface area contributed by atoms with E-state index in [2.05, 4.69) is 0 Å². The molecule has 0 bridgehead atoms. The number of nitrogens with zero attached hydrogens (tertiary/aromatic N) is 1. The zero-order valence-corrected chi connectivity index (χ0v) is 13.3. The smallest absolute Gasteiger partial charge is 0.246 e. The maximum absolute atomic E-state index is 13.8. The fraction of sp³-hybridized carbons (Fsp3) is 0.571. The van der Waals surface area contributed by atoms with Gasteiger partial charge in [-0.1, -0.05) is 20.8 Å². The Balaban J connectivity index is 3.19. The van der Waals surface area contributed by atoms with Crippen LogP contribution in [-0.4, -0.2) is 37.5 Å². The maximum Gasteiger partial charge on any atom is 0.246 e. The standard InChI is InChI=1S/C14H21F2NO3S/c1-14(2,3)10-17(7-4-8-18)21(19,20)13-6-5-11(15)9-12(13)16/h5-6,9,18H,4,7-8,10H2,1-3H3. The van der Waals surface area contributed by atoms with Gasteiger partial charge in [-0.05, 0) is 24.0 Å². The molecule has 0 radical (unpaired) electrons. The van der Waals surface area contributed by atoms with E-state index in [9.17, 15) is 17.2 Å². The molecule has 0 fully saturated rings. The van der Waals surface area contributed by atoms with Crippen molar-refractivity contribution < 1.29 is 22.3 Å². The molecule has 0 aromatic heterocycles. The third kappa shape index (κ3) is 5.01. The molecule has 0 atom stereocenters. The molecule has 0 unspecified atom stereocenters. The number of benzene rings is 1. The van der Waals surface area contributed by atoms with Gasteiger partial charge in [0.1, 0.15) is 16.5 Å². The molecular formula is C14H21F2NO3S. The summed E-state index contributed by atoms with van der Waals surface area (Å²) >= 11 is 0. The van der Waals surface area contributed by atoms with E-state index in [1.807, 2.05) is 20.8 Å². The molecule has 0 aliphatic heterocycles. The lowest BCUT2D eigenvalue weighted by Crippen LogP contribution is -2.39. The van der Waals surface area contributed by atoms with Crippen LogP contribution in [0.1, 0.15) is 27.2 Å². The van der Waals surface area contributed by atoms with Crippen LogP contribution in [0.4, 0.5) is 8.78 Å². The van der Waals surface area contributed by atoms with E-state index in [1.165, 1.54) is 0 Å². The van der Waals surface area contributed by atoms with E-state index in [1.54, 1.807) is 0 Å². The Morgan fingerprint density at radius 1 is 1.24 bits per heavy atom. The third-order valence-electron chi connectivity index (χ3n) is 2.73. The van der Waals surface area contributed by atoms with Crippen molar-refractivity contribution in [1.29, 1.82) is 0 Å². The molecule has 0 aliphatic rings. The van der Waals surface area contributed by atoms with Crippen LogP contribution in [0.15, 0.2) is 23.1 Å². The Bertz CT molecular complexity index is 582. The largest absolute Gasteiger partial charge is 0.396 e. The summed E-state index contributed by atoms with van der Waals surface area (Å²) in [5, 5.41) is 8.90. The van der Waals surface area contributed by atoms with Crippen molar-refractivity contribution in [3.63, 3.8) is 0 Å². The van der Waals surface area contributed by atoms with E-state index >= 15 is 0 Å². The third-order valence-corrected chi connectivity index (χ3v) is 4.61. The molecule has 1 rings (SSSR count). The number of hydrogen-bond donors (Lipinski definition) is 1. The zero-order chi connectivity index (χ0) is 16.3. The first kappa shape index (κ1) is 18.0. The first-order chi connectivity index (χ1) is 9.58. The molecule has 0 amide bonds. The van der Waals surface area contributed by atoms with Gasteiger partial charge in [0.05, 0.1) is 0 Å². The molecular weight excluding hydrogens is 300 g/mol. The van der Waals surface area contributed by atoms with Gasteiger partial charge in [-0.2, -0.15) is 4.31 Å². The second-order valence-electron chi connectivity index (χ2n) is 6.05. The lowest BCUT2D eigenvalue weighted by atomic mass is 9.97. The molecule has 0 saturated heterocycles. The van der Waals surface area contributed by atoms with Crippen molar-refractivity contribution in [3.8, 4) is 0 Å². The predicted molar refractivity (Wildman–Crippen MR) is 76.3 cm³/mol. The first-order valence-electron chi connectivity index (χ1n) is 6.64. The van der Waals surface area contributed by atoms with Gasteiger partial charge in [-0.25, -0.2) is 17.2 Å². The van der Waals surface area contributed by atoms with Gasteiger partial charge in [0.15, 0.2) is 0 Å². The normalized spacial score (nSPS) is 12.9. The predicted octanol–water partition coefficient (Wildman–Crippen LogP) is 2.38. The van der Waals surface area contributed by atoms with Gasteiger partial charge in [0.25, 0.3) is 0 Å². The summed E-state index contributed by atoms with van der Waals surface area (Å²) < 4.78 is 52.9. The quantitative estimate of drug-likeness (QED) is 0.875. The number of rotatable bonds is 6. The topological polar surface area (TPSA) is 57.6 Å². The van der Waals surface area contributed by atoms with Crippen LogP contribution in [0.5, 0.6) is 0 Å². The summed E-state index contributed by atoms with van der Waals surface area (Å²) in [6, 6.07) is 2.39. The van der Waals surface area contributed by atoms with Gasteiger partial charge < -0.3 is 5.11 Å². The Morgan fingerprint density at radius 2 is 1.86 bits per heavy atom. The van der Waals surface area contributed by atoms with Crippen molar-refractivity contribution >= 4 is 10.0 Å². The number of aliphatic hydroxyl groups excluding tert-OH is 1. The number of aliphatic hydroxyl groups is 1. The fourth-order valence-corrected chi connectivity index (χ4v) is 3.63. The van der Waals surface area contributed by atoms with Crippen LogP contribution < -0.4 is 0 Å². The zero-order valence-electron chi connectivity index (χ0n) is 12.4. The Hall–Kier alpha value is -1.05. The minimum Gasteiger partial charge on any atom is -0.396 e. The Kier molecular flexibility index (Phi) is 5.83. The van der Waals surface area contributed by atoms with Crippen molar-refractivity contribution in [3.05, 3.63) is 29.8 Å². The van der Waals surface area contributed by atoms with Gasteiger partial charge >= 0.3 is 0 Å². The number of hydrogen-bond acceptors (Lipinski definition) is 3. The summed E-state index contributed by atoms with van der Waals surface area (Å²) in [6.45, 7) is 5.65. The molecule has 7 heteroatoms. The molecule has 1 N–H and O–H groups in total. The number of sulfonamides is 1. The van der Waals surface area contributed by atoms with Crippen LogP contribution >= 0.6 is 0 Å². The molecule has 0 spiro atoms. The molecule has 21 heavy (non-hydrogen) atoms. The van der Waals surface area contributed by atoms with E-state index in [0.717, 1.165) is 16.4 Å². The Morgan fingerprint density at radius 3 is 2.33 bits per heavy atom. The molecule has 0 saturated carbocycles. The fourth-order valence-electron chi connectivity index (χ4n) is 1.88. The summed E-state index contributed by atoms with van der Waals surface area (Å²) in [5.74, 6) is -1.94. The highest BCUT2D eigenvalue weighted by Gasteiger charge is 2.30. The highest BCUT2D eigenvalue weighted by atomic mass is 32.2. The van der Waals surface area contributed by atoms with Crippen LogP contribution in [0.25, 0.3) is 0 Å². The van der Waals surface area contributed by atoms with Crippen LogP contribution in [0.2, 0.25) is 0 Å². The summed E-state index contributed by atoms with van der Waals surface area (Å²) in [6.07, 6.45) is 0.248. The maximum atomic E-state index is 13.8. The van der Waals surface area contributed by atoms with E-state index in [4.69, 9.17) is 5.11 Å². The van der Waals surface area contributed by atoms with E-state index in [0.29, 0.717) is 6.07 Å². The summed E-state index contributed by atoms with van der Waals surface area (Å²) in [7, 11) is -4.07. The minimum absolute atomic E-state index is 0.0763. The van der Waals surface area contributed by atoms with Crippen molar-refractivity contribution in [2.24, 2.45) is 5.41 Å². The van der Waals surface area contributed by atoms with Crippen molar-refractivity contribution in [1.82, 2.24) is 4.31 Å². The van der Waals surface area contributed by atoms with Gasteiger partial charge in [0.2, 0.25) is 10.0 Å². The SMILES string of the molecule is CC(C)(C)CN(CCCO)S(=O)(=O)c1ccc(F)cc1F. The second-order valence-corrected chi connectivity index (χ2v) is 7.96.